The molecule has 18 heavy (non-hydrogen) atoms. The molecule has 0 aliphatic rings. The van der Waals surface area contributed by atoms with Gasteiger partial charge in [-0.1, -0.05) is 23.2 Å². The third-order valence-electron chi connectivity index (χ3n) is 2.17. The Labute approximate surface area is 115 Å². The summed E-state index contributed by atoms with van der Waals surface area (Å²) in [7, 11) is 0. The van der Waals surface area contributed by atoms with E-state index in [1.165, 1.54) is 18.2 Å². The quantitative estimate of drug-likeness (QED) is 0.867. The molecular weight excluding hydrogens is 277 g/mol. The van der Waals surface area contributed by atoms with Gasteiger partial charge in [-0.2, -0.15) is 0 Å². The second-order valence-electron chi connectivity index (χ2n) is 3.58. The van der Waals surface area contributed by atoms with Gasteiger partial charge in [0.15, 0.2) is 0 Å². The maximum absolute atomic E-state index is 11.8. The molecule has 0 heterocycles. The molecule has 0 saturated heterocycles. The van der Waals surface area contributed by atoms with Crippen molar-refractivity contribution in [2.45, 2.75) is 19.9 Å². The number of hydrogen-bond acceptors (Lipinski definition) is 3. The van der Waals surface area contributed by atoms with E-state index in [0.29, 0.717) is 10.6 Å². The molecule has 6 heteroatoms. The second kappa shape index (κ2) is 6.61. The van der Waals surface area contributed by atoms with Crippen LogP contribution in [0, 0.1) is 0 Å². The van der Waals surface area contributed by atoms with Gasteiger partial charge in [0.05, 0.1) is 16.7 Å². The molecule has 1 aromatic rings. The zero-order valence-electron chi connectivity index (χ0n) is 10.00. The summed E-state index contributed by atoms with van der Waals surface area (Å²) < 4.78 is 4.78. The summed E-state index contributed by atoms with van der Waals surface area (Å²) in [6.07, 6.45) is 0. The average Bonchev–Trinajstić information content (AvgIpc) is 2.32. The molecular formula is C12H13Cl2NO3. The van der Waals surface area contributed by atoms with Gasteiger partial charge in [0, 0.05) is 5.56 Å². The standard InChI is InChI=1S/C12H13Cl2NO3/c1-3-18-12(17)7(2)15-11(16)8-4-5-9(13)10(14)6-8/h4-7H,3H2,1-2H3,(H,15,16). The van der Waals surface area contributed by atoms with Crippen LogP contribution in [-0.2, 0) is 9.53 Å². The molecule has 1 rings (SSSR count). The summed E-state index contributed by atoms with van der Waals surface area (Å²) in [6.45, 7) is 3.52. The van der Waals surface area contributed by atoms with Gasteiger partial charge in [-0.15, -0.1) is 0 Å². The number of ether oxygens (including phenoxy) is 1. The summed E-state index contributed by atoms with van der Waals surface area (Å²) in [5.74, 6) is -0.889. The molecule has 0 fully saturated rings. The molecule has 98 valence electrons. The molecule has 4 nitrogen and oxygen atoms in total. The van der Waals surface area contributed by atoms with Crippen molar-refractivity contribution in [3.8, 4) is 0 Å². The zero-order valence-corrected chi connectivity index (χ0v) is 11.5. The number of rotatable bonds is 4. The lowest BCUT2D eigenvalue weighted by Gasteiger charge is -2.12. The highest BCUT2D eigenvalue weighted by Crippen LogP contribution is 2.22. The predicted octanol–water partition coefficient (Wildman–Crippen LogP) is 2.67. The van der Waals surface area contributed by atoms with Crippen molar-refractivity contribution >= 4 is 35.1 Å². The fourth-order valence-corrected chi connectivity index (χ4v) is 1.54. The number of carbonyl (C=O) groups is 2. The summed E-state index contributed by atoms with van der Waals surface area (Å²) in [4.78, 5) is 23.2. The van der Waals surface area contributed by atoms with Crippen molar-refractivity contribution in [1.82, 2.24) is 5.32 Å². The smallest absolute Gasteiger partial charge is 0.328 e. The molecule has 1 N–H and O–H groups in total. The number of halogens is 2. The monoisotopic (exact) mass is 289 g/mol. The topological polar surface area (TPSA) is 55.4 Å². The molecule has 1 atom stereocenters. The normalized spacial score (nSPS) is 11.8. The molecule has 0 bridgehead atoms. The van der Waals surface area contributed by atoms with Crippen LogP contribution in [0.2, 0.25) is 10.0 Å². The minimum atomic E-state index is -0.716. The van der Waals surface area contributed by atoms with E-state index in [1.54, 1.807) is 13.8 Å². The Balaban J connectivity index is 2.70. The summed E-state index contributed by atoms with van der Waals surface area (Å²) >= 11 is 11.5. The van der Waals surface area contributed by atoms with E-state index in [2.05, 4.69) is 5.32 Å². The minimum absolute atomic E-state index is 0.270. The molecule has 0 aliphatic carbocycles. The Bertz CT molecular complexity index is 463. The third kappa shape index (κ3) is 3.89. The highest BCUT2D eigenvalue weighted by Gasteiger charge is 2.17. The van der Waals surface area contributed by atoms with Gasteiger partial charge in [0.25, 0.3) is 5.91 Å². The molecule has 0 saturated carbocycles. The first kappa shape index (κ1) is 14.8. The summed E-state index contributed by atoms with van der Waals surface area (Å²) in [5, 5.41) is 3.16. The van der Waals surface area contributed by atoms with Crippen LogP contribution in [0.4, 0.5) is 0 Å². The molecule has 1 aromatic carbocycles. The fourth-order valence-electron chi connectivity index (χ4n) is 1.24. The van der Waals surface area contributed by atoms with Crippen molar-refractivity contribution in [2.24, 2.45) is 0 Å². The molecule has 0 spiro atoms. The van der Waals surface area contributed by atoms with Gasteiger partial charge in [-0.05, 0) is 32.0 Å². The van der Waals surface area contributed by atoms with E-state index in [0.717, 1.165) is 0 Å². The van der Waals surface area contributed by atoms with Gasteiger partial charge in [-0.25, -0.2) is 4.79 Å². The Morgan fingerprint density at radius 3 is 2.56 bits per heavy atom. The number of esters is 1. The molecule has 1 unspecified atom stereocenters. The van der Waals surface area contributed by atoms with Crippen molar-refractivity contribution in [1.29, 1.82) is 0 Å². The van der Waals surface area contributed by atoms with Gasteiger partial charge in [0.1, 0.15) is 6.04 Å². The lowest BCUT2D eigenvalue weighted by atomic mass is 10.2. The van der Waals surface area contributed by atoms with Crippen LogP contribution in [-0.4, -0.2) is 24.5 Å². The van der Waals surface area contributed by atoms with Gasteiger partial charge in [0.2, 0.25) is 0 Å². The Hall–Kier alpha value is -1.26. The first-order valence-corrected chi connectivity index (χ1v) is 6.13. The number of carbonyl (C=O) groups excluding carboxylic acids is 2. The SMILES string of the molecule is CCOC(=O)C(C)NC(=O)c1ccc(Cl)c(Cl)c1. The van der Waals surface area contributed by atoms with Crippen LogP contribution in [0.25, 0.3) is 0 Å². The van der Waals surface area contributed by atoms with E-state index < -0.39 is 17.9 Å². The fraction of sp³-hybridized carbons (Fsp3) is 0.333. The van der Waals surface area contributed by atoms with Crippen molar-refractivity contribution in [3.63, 3.8) is 0 Å². The first-order valence-electron chi connectivity index (χ1n) is 5.38. The van der Waals surface area contributed by atoms with E-state index in [1.807, 2.05) is 0 Å². The molecule has 1 amide bonds. The van der Waals surface area contributed by atoms with Crippen LogP contribution in [0.1, 0.15) is 24.2 Å². The minimum Gasteiger partial charge on any atom is -0.464 e. The average molecular weight is 290 g/mol. The van der Waals surface area contributed by atoms with Crippen molar-refractivity contribution in [3.05, 3.63) is 33.8 Å². The molecule has 0 radical (unpaired) electrons. The first-order chi connectivity index (χ1) is 8.45. The largest absolute Gasteiger partial charge is 0.464 e. The van der Waals surface area contributed by atoms with Crippen LogP contribution < -0.4 is 5.32 Å². The van der Waals surface area contributed by atoms with Crippen molar-refractivity contribution in [2.75, 3.05) is 6.61 Å². The van der Waals surface area contributed by atoms with E-state index in [-0.39, 0.29) is 11.6 Å². The highest BCUT2D eigenvalue weighted by atomic mass is 35.5. The van der Waals surface area contributed by atoms with Crippen LogP contribution in [0.5, 0.6) is 0 Å². The van der Waals surface area contributed by atoms with E-state index >= 15 is 0 Å². The van der Waals surface area contributed by atoms with Crippen molar-refractivity contribution < 1.29 is 14.3 Å². The lowest BCUT2D eigenvalue weighted by molar-refractivity contribution is -0.144. The van der Waals surface area contributed by atoms with Crippen LogP contribution in [0.15, 0.2) is 18.2 Å². The second-order valence-corrected chi connectivity index (χ2v) is 4.39. The number of hydrogen-bond donors (Lipinski definition) is 1. The number of benzene rings is 1. The van der Waals surface area contributed by atoms with E-state index in [9.17, 15) is 9.59 Å². The Kier molecular flexibility index (Phi) is 5.44. The lowest BCUT2D eigenvalue weighted by Crippen LogP contribution is -2.39. The van der Waals surface area contributed by atoms with E-state index in [4.69, 9.17) is 27.9 Å². The maximum atomic E-state index is 11.8. The highest BCUT2D eigenvalue weighted by molar-refractivity contribution is 6.42. The Morgan fingerprint density at radius 2 is 2.00 bits per heavy atom. The maximum Gasteiger partial charge on any atom is 0.328 e. The number of amides is 1. The van der Waals surface area contributed by atoms with Gasteiger partial charge < -0.3 is 10.1 Å². The Morgan fingerprint density at radius 1 is 1.33 bits per heavy atom. The zero-order chi connectivity index (χ0) is 13.7. The number of nitrogens with one attached hydrogen (secondary N) is 1. The summed E-state index contributed by atoms with van der Waals surface area (Å²) in [5.41, 5.74) is 0.334. The predicted molar refractivity (Wildman–Crippen MR) is 70.0 cm³/mol. The molecule has 0 aliphatic heterocycles. The molecule has 0 aromatic heterocycles. The van der Waals surface area contributed by atoms with Gasteiger partial charge in [-0.3, -0.25) is 4.79 Å². The van der Waals surface area contributed by atoms with Crippen LogP contribution >= 0.6 is 23.2 Å². The van der Waals surface area contributed by atoms with Crippen LogP contribution in [0.3, 0.4) is 0 Å². The summed E-state index contributed by atoms with van der Waals surface area (Å²) in [6, 6.07) is 3.78. The third-order valence-corrected chi connectivity index (χ3v) is 2.91. The van der Waals surface area contributed by atoms with Gasteiger partial charge >= 0.3 is 5.97 Å².